The third-order valence-corrected chi connectivity index (χ3v) is 4.82. The average Bonchev–Trinajstić information content (AvgIpc) is 2.77. The summed E-state index contributed by atoms with van der Waals surface area (Å²) in [4.78, 5) is 38.1. The first-order valence-electron chi connectivity index (χ1n) is 8.01. The zero-order valence-electron chi connectivity index (χ0n) is 14.1. The van der Waals surface area contributed by atoms with Crippen molar-refractivity contribution in [3.8, 4) is 0 Å². The van der Waals surface area contributed by atoms with E-state index in [0.717, 1.165) is 22.2 Å². The Hall–Kier alpha value is -1.89. The normalized spacial score (nSPS) is 20.5. The molecule has 1 saturated heterocycles. The summed E-state index contributed by atoms with van der Waals surface area (Å²) in [5.41, 5.74) is -0.506. The number of nitrogens with one attached hydrogen (secondary N) is 2. The molecule has 1 heterocycles. The highest BCUT2D eigenvalue weighted by Crippen LogP contribution is 2.30. The van der Waals surface area contributed by atoms with Gasteiger partial charge in [-0.05, 0) is 37.5 Å². The predicted octanol–water partition coefficient (Wildman–Crippen LogP) is 2.52. The van der Waals surface area contributed by atoms with Gasteiger partial charge < -0.3 is 10.6 Å². The molecular weight excluding hydrogens is 374 g/mol. The number of rotatable bonds is 6. The molecule has 0 aliphatic carbocycles. The highest BCUT2D eigenvalue weighted by molar-refractivity contribution is 9.10. The fraction of sp³-hybridized carbons (Fsp3) is 0.471. The molecule has 130 valence electrons. The van der Waals surface area contributed by atoms with E-state index in [9.17, 15) is 14.4 Å². The maximum atomic E-state index is 12.8. The maximum absolute atomic E-state index is 12.8. The second kappa shape index (κ2) is 7.34. The lowest BCUT2D eigenvalue weighted by Crippen LogP contribution is -2.45. The minimum atomic E-state index is -1.17. The summed E-state index contributed by atoms with van der Waals surface area (Å²) in [5.74, 6) is -0.754. The van der Waals surface area contributed by atoms with Crippen LogP contribution < -0.4 is 10.6 Å². The number of hydrogen-bond donors (Lipinski definition) is 2. The van der Waals surface area contributed by atoms with Gasteiger partial charge in [0.05, 0.1) is 0 Å². The van der Waals surface area contributed by atoms with Gasteiger partial charge in [-0.1, -0.05) is 41.9 Å². The van der Waals surface area contributed by atoms with E-state index >= 15 is 0 Å². The minimum absolute atomic E-state index is 0.0507. The molecule has 4 amide bonds. The number of amides is 4. The van der Waals surface area contributed by atoms with Gasteiger partial charge in [-0.15, -0.1) is 0 Å². The minimum Gasteiger partial charge on any atom is -0.352 e. The van der Waals surface area contributed by atoms with Crippen molar-refractivity contribution in [3.63, 3.8) is 0 Å². The van der Waals surface area contributed by atoms with Crippen molar-refractivity contribution < 1.29 is 14.4 Å². The number of benzene rings is 1. The van der Waals surface area contributed by atoms with Crippen LogP contribution in [-0.2, 0) is 15.1 Å². The fourth-order valence-corrected chi connectivity index (χ4v) is 3.14. The third kappa shape index (κ3) is 3.61. The summed E-state index contributed by atoms with van der Waals surface area (Å²) in [5, 5.41) is 5.54. The molecule has 0 bridgehead atoms. The SMILES string of the molecule is CCC(CC)NC(=O)CN1C(=O)NC(C)(c2cccc(Br)c2)C1=O. The first kappa shape index (κ1) is 18.4. The van der Waals surface area contributed by atoms with Crippen LogP contribution in [0.2, 0.25) is 0 Å². The van der Waals surface area contributed by atoms with Crippen LogP contribution >= 0.6 is 15.9 Å². The van der Waals surface area contributed by atoms with Crippen molar-refractivity contribution in [2.24, 2.45) is 0 Å². The molecular formula is C17H22BrN3O3. The lowest BCUT2D eigenvalue weighted by atomic mass is 9.92. The molecule has 1 atom stereocenters. The van der Waals surface area contributed by atoms with Gasteiger partial charge in [0.1, 0.15) is 12.1 Å². The van der Waals surface area contributed by atoms with Crippen LogP contribution in [-0.4, -0.2) is 35.3 Å². The van der Waals surface area contributed by atoms with E-state index in [4.69, 9.17) is 0 Å². The molecule has 24 heavy (non-hydrogen) atoms. The van der Waals surface area contributed by atoms with Crippen molar-refractivity contribution in [2.75, 3.05) is 6.54 Å². The number of carbonyl (C=O) groups excluding carboxylic acids is 3. The Morgan fingerprint density at radius 1 is 1.33 bits per heavy atom. The van der Waals surface area contributed by atoms with Crippen molar-refractivity contribution >= 4 is 33.8 Å². The number of halogens is 1. The Bertz CT molecular complexity index is 660. The third-order valence-electron chi connectivity index (χ3n) is 4.33. The monoisotopic (exact) mass is 395 g/mol. The Kier molecular flexibility index (Phi) is 5.64. The quantitative estimate of drug-likeness (QED) is 0.726. The molecule has 2 N–H and O–H groups in total. The standard InChI is InChI=1S/C17H22BrN3O3/c1-4-13(5-2)19-14(22)10-21-15(23)17(3,20-16(21)24)11-7-6-8-12(18)9-11/h6-9,13H,4-5,10H2,1-3H3,(H,19,22)(H,20,24). The summed E-state index contributed by atoms with van der Waals surface area (Å²) in [6, 6.07) is 6.70. The maximum Gasteiger partial charge on any atom is 0.325 e. The molecule has 0 aromatic heterocycles. The van der Waals surface area contributed by atoms with Gasteiger partial charge in [0.25, 0.3) is 5.91 Å². The highest BCUT2D eigenvalue weighted by Gasteiger charge is 2.49. The number of nitrogens with zero attached hydrogens (tertiary/aromatic N) is 1. The Morgan fingerprint density at radius 3 is 2.58 bits per heavy atom. The first-order valence-corrected chi connectivity index (χ1v) is 8.80. The number of urea groups is 1. The number of imide groups is 1. The smallest absolute Gasteiger partial charge is 0.325 e. The molecule has 0 radical (unpaired) electrons. The van der Waals surface area contributed by atoms with Gasteiger partial charge in [-0.3, -0.25) is 14.5 Å². The van der Waals surface area contributed by atoms with Crippen LogP contribution in [0.5, 0.6) is 0 Å². The average molecular weight is 396 g/mol. The van der Waals surface area contributed by atoms with Crippen LogP contribution in [0.3, 0.4) is 0 Å². The lowest BCUT2D eigenvalue weighted by molar-refractivity contribution is -0.135. The van der Waals surface area contributed by atoms with E-state index in [-0.39, 0.29) is 18.5 Å². The van der Waals surface area contributed by atoms with Gasteiger partial charge in [0.2, 0.25) is 5.91 Å². The van der Waals surface area contributed by atoms with E-state index in [1.54, 1.807) is 25.1 Å². The van der Waals surface area contributed by atoms with E-state index in [2.05, 4.69) is 26.6 Å². The second-order valence-electron chi connectivity index (χ2n) is 6.04. The summed E-state index contributed by atoms with van der Waals surface area (Å²) >= 11 is 3.37. The summed E-state index contributed by atoms with van der Waals surface area (Å²) in [7, 11) is 0. The number of carbonyl (C=O) groups is 3. The van der Waals surface area contributed by atoms with Gasteiger partial charge >= 0.3 is 6.03 Å². The van der Waals surface area contributed by atoms with Crippen molar-refractivity contribution in [1.29, 1.82) is 0 Å². The van der Waals surface area contributed by atoms with Crippen molar-refractivity contribution in [1.82, 2.24) is 15.5 Å². The second-order valence-corrected chi connectivity index (χ2v) is 6.95. The van der Waals surface area contributed by atoms with Crippen molar-refractivity contribution in [3.05, 3.63) is 34.3 Å². The van der Waals surface area contributed by atoms with Crippen molar-refractivity contribution in [2.45, 2.75) is 45.2 Å². The molecule has 0 saturated carbocycles. The Labute approximate surface area is 150 Å². The topological polar surface area (TPSA) is 78.5 Å². The van der Waals surface area contributed by atoms with Crippen LogP contribution in [0, 0.1) is 0 Å². The van der Waals surface area contributed by atoms with E-state index in [0.29, 0.717) is 5.56 Å². The molecule has 1 aliphatic rings. The first-order chi connectivity index (χ1) is 11.3. The molecule has 1 aromatic rings. The van der Waals surface area contributed by atoms with Gasteiger partial charge in [-0.25, -0.2) is 4.79 Å². The Morgan fingerprint density at radius 2 is 2.00 bits per heavy atom. The molecule has 2 rings (SSSR count). The van der Waals surface area contributed by atoms with Gasteiger partial charge in [-0.2, -0.15) is 0 Å². The van der Waals surface area contributed by atoms with E-state index < -0.39 is 17.5 Å². The number of hydrogen-bond acceptors (Lipinski definition) is 3. The highest BCUT2D eigenvalue weighted by atomic mass is 79.9. The van der Waals surface area contributed by atoms with Crippen LogP contribution in [0.15, 0.2) is 28.7 Å². The molecule has 1 unspecified atom stereocenters. The van der Waals surface area contributed by atoms with Crippen LogP contribution in [0.4, 0.5) is 4.79 Å². The van der Waals surface area contributed by atoms with E-state index in [1.807, 2.05) is 19.9 Å². The van der Waals surface area contributed by atoms with E-state index in [1.165, 1.54) is 0 Å². The predicted molar refractivity (Wildman–Crippen MR) is 94.3 cm³/mol. The molecule has 1 fully saturated rings. The fourth-order valence-electron chi connectivity index (χ4n) is 2.75. The molecule has 0 spiro atoms. The zero-order chi connectivity index (χ0) is 17.9. The summed E-state index contributed by atoms with van der Waals surface area (Å²) in [6.07, 6.45) is 1.61. The largest absolute Gasteiger partial charge is 0.352 e. The molecule has 7 heteroatoms. The zero-order valence-corrected chi connectivity index (χ0v) is 15.6. The lowest BCUT2D eigenvalue weighted by Gasteiger charge is -2.22. The van der Waals surface area contributed by atoms with Gasteiger partial charge in [0.15, 0.2) is 0 Å². The summed E-state index contributed by atoms with van der Waals surface area (Å²) in [6.45, 7) is 5.33. The van der Waals surface area contributed by atoms with Crippen LogP contribution in [0.25, 0.3) is 0 Å². The molecule has 1 aliphatic heterocycles. The molecule has 1 aromatic carbocycles. The summed E-state index contributed by atoms with van der Waals surface area (Å²) < 4.78 is 0.813. The Balaban J connectivity index is 2.15. The van der Waals surface area contributed by atoms with Crippen LogP contribution in [0.1, 0.15) is 39.2 Å². The van der Waals surface area contributed by atoms with Gasteiger partial charge in [0, 0.05) is 10.5 Å². The molecule has 6 nitrogen and oxygen atoms in total.